The second-order valence-electron chi connectivity index (χ2n) is 4.69. The van der Waals surface area contributed by atoms with Gasteiger partial charge >= 0.3 is 0 Å². The fraction of sp³-hybridized carbons (Fsp3) is 0.727. The van der Waals surface area contributed by atoms with Gasteiger partial charge in [0, 0.05) is 29.0 Å². The fourth-order valence-electron chi connectivity index (χ4n) is 1.92. The van der Waals surface area contributed by atoms with Gasteiger partial charge < -0.3 is 0 Å². The van der Waals surface area contributed by atoms with Crippen LogP contribution in [0.1, 0.15) is 24.5 Å². The number of halogens is 1. The molecule has 2 rings (SSSR count). The van der Waals surface area contributed by atoms with Gasteiger partial charge in [-0.1, -0.05) is 0 Å². The van der Waals surface area contributed by atoms with Crippen molar-refractivity contribution in [3.05, 3.63) is 16.1 Å². The number of aromatic nitrogens is 1. The van der Waals surface area contributed by atoms with E-state index in [9.17, 15) is 0 Å². The molecule has 1 aromatic rings. The number of hydrogen-bond acceptors (Lipinski definition) is 4. The van der Waals surface area contributed by atoms with Gasteiger partial charge in [-0.25, -0.2) is 4.98 Å². The van der Waals surface area contributed by atoms with Crippen molar-refractivity contribution < 1.29 is 0 Å². The molecular weight excluding hydrogens is 260 g/mol. The molecule has 0 aromatic carbocycles. The maximum atomic E-state index is 5.76. The first-order valence-corrected chi connectivity index (χ1v) is 7.84. The monoisotopic (exact) mass is 276 g/mol. The van der Waals surface area contributed by atoms with E-state index in [0.29, 0.717) is 10.6 Å². The Morgan fingerprint density at radius 3 is 3.00 bits per heavy atom. The summed E-state index contributed by atoms with van der Waals surface area (Å²) < 4.78 is 0.380. The lowest BCUT2D eigenvalue weighted by molar-refractivity contribution is 0.252. The number of nitrogens with zero attached hydrogens (tertiary/aromatic N) is 2. The number of alkyl halides is 1. The summed E-state index contributed by atoms with van der Waals surface area (Å²) in [6, 6.07) is 0. The van der Waals surface area contributed by atoms with Crippen molar-refractivity contribution in [2.45, 2.75) is 31.0 Å². The second-order valence-corrected chi connectivity index (χ2v) is 7.70. The number of thiazole rings is 1. The van der Waals surface area contributed by atoms with Gasteiger partial charge in [-0.3, -0.25) is 4.90 Å². The molecule has 0 amide bonds. The molecule has 2 heterocycles. The Balaban J connectivity index is 1.94. The molecule has 0 unspecified atom stereocenters. The molecule has 1 saturated heterocycles. The topological polar surface area (TPSA) is 16.1 Å². The molecule has 0 radical (unpaired) electrons. The van der Waals surface area contributed by atoms with Crippen LogP contribution >= 0.6 is 34.7 Å². The van der Waals surface area contributed by atoms with Crippen LogP contribution in [0.3, 0.4) is 0 Å². The van der Waals surface area contributed by atoms with Crippen molar-refractivity contribution >= 4 is 34.7 Å². The molecule has 1 fully saturated rings. The highest BCUT2D eigenvalue weighted by atomic mass is 35.5. The summed E-state index contributed by atoms with van der Waals surface area (Å²) in [6.45, 7) is 7.93. The van der Waals surface area contributed by atoms with Crippen molar-refractivity contribution in [2.75, 3.05) is 18.8 Å². The van der Waals surface area contributed by atoms with E-state index in [4.69, 9.17) is 11.6 Å². The highest BCUT2D eigenvalue weighted by molar-refractivity contribution is 8.00. The number of thioether (sulfide) groups is 1. The molecule has 0 saturated carbocycles. The van der Waals surface area contributed by atoms with Gasteiger partial charge in [0.15, 0.2) is 0 Å². The van der Waals surface area contributed by atoms with Crippen molar-refractivity contribution in [2.24, 2.45) is 0 Å². The minimum atomic E-state index is 0.380. The number of rotatable bonds is 3. The standard InChI is InChI=1S/C11H17ClN2S2/c1-11(2)8-14(3-4-16-11)6-10-13-9(5-12)7-15-10/h7H,3-6,8H2,1-2H3. The zero-order chi connectivity index (χ0) is 11.6. The van der Waals surface area contributed by atoms with E-state index in [0.717, 1.165) is 18.8 Å². The molecule has 90 valence electrons. The van der Waals surface area contributed by atoms with Crippen LogP contribution in [0.4, 0.5) is 0 Å². The van der Waals surface area contributed by atoms with Crippen molar-refractivity contribution in [1.29, 1.82) is 0 Å². The van der Waals surface area contributed by atoms with Crippen LogP contribution in [0, 0.1) is 0 Å². The molecule has 0 spiro atoms. The maximum absolute atomic E-state index is 5.76. The molecule has 0 bridgehead atoms. The molecule has 2 nitrogen and oxygen atoms in total. The highest BCUT2D eigenvalue weighted by Crippen LogP contribution is 2.30. The average molecular weight is 277 g/mol. The van der Waals surface area contributed by atoms with Crippen LogP contribution in [0.15, 0.2) is 5.38 Å². The summed E-state index contributed by atoms with van der Waals surface area (Å²) in [5.41, 5.74) is 1.01. The van der Waals surface area contributed by atoms with Gasteiger partial charge in [0.25, 0.3) is 0 Å². The Hall–Kier alpha value is 0.230. The van der Waals surface area contributed by atoms with E-state index in [2.05, 4.69) is 40.9 Å². The third kappa shape index (κ3) is 3.36. The van der Waals surface area contributed by atoms with Gasteiger partial charge in [-0.15, -0.1) is 22.9 Å². The Labute approximate surface area is 110 Å². The van der Waals surface area contributed by atoms with Crippen LogP contribution in [0.5, 0.6) is 0 Å². The summed E-state index contributed by atoms with van der Waals surface area (Å²) in [7, 11) is 0. The van der Waals surface area contributed by atoms with E-state index >= 15 is 0 Å². The lowest BCUT2D eigenvalue weighted by Gasteiger charge is -2.37. The molecule has 1 aliphatic heterocycles. The molecule has 5 heteroatoms. The Bertz CT molecular complexity index is 352. The van der Waals surface area contributed by atoms with Crippen LogP contribution in [-0.4, -0.2) is 33.5 Å². The Kier molecular flexibility index (Phi) is 4.16. The number of hydrogen-bond donors (Lipinski definition) is 0. The minimum Gasteiger partial charge on any atom is -0.294 e. The molecule has 16 heavy (non-hydrogen) atoms. The van der Waals surface area contributed by atoms with E-state index in [1.54, 1.807) is 11.3 Å². The van der Waals surface area contributed by atoms with E-state index in [-0.39, 0.29) is 0 Å². The zero-order valence-corrected chi connectivity index (χ0v) is 12.1. The van der Waals surface area contributed by atoms with Crippen LogP contribution in [0.2, 0.25) is 0 Å². The highest BCUT2D eigenvalue weighted by Gasteiger charge is 2.27. The smallest absolute Gasteiger partial charge is 0.107 e. The van der Waals surface area contributed by atoms with Gasteiger partial charge in [0.05, 0.1) is 18.1 Å². The summed E-state index contributed by atoms with van der Waals surface area (Å²) in [4.78, 5) is 7.00. The third-order valence-corrected chi connectivity index (χ3v) is 5.05. The average Bonchev–Trinajstić information content (AvgIpc) is 2.64. The Morgan fingerprint density at radius 2 is 2.38 bits per heavy atom. The molecule has 0 N–H and O–H groups in total. The van der Waals surface area contributed by atoms with Crippen molar-refractivity contribution in [3.63, 3.8) is 0 Å². The lowest BCUT2D eigenvalue weighted by atomic mass is 10.2. The van der Waals surface area contributed by atoms with Crippen LogP contribution in [-0.2, 0) is 12.4 Å². The molecule has 1 aliphatic rings. The van der Waals surface area contributed by atoms with Gasteiger partial charge in [-0.2, -0.15) is 11.8 Å². The first-order valence-electron chi connectivity index (χ1n) is 5.45. The Morgan fingerprint density at radius 1 is 1.56 bits per heavy atom. The quantitative estimate of drug-likeness (QED) is 0.789. The summed E-state index contributed by atoms with van der Waals surface area (Å²) in [5.74, 6) is 1.75. The molecule has 1 aromatic heterocycles. The van der Waals surface area contributed by atoms with Gasteiger partial charge in [0.2, 0.25) is 0 Å². The normalized spacial score (nSPS) is 21.2. The van der Waals surface area contributed by atoms with E-state index < -0.39 is 0 Å². The summed E-state index contributed by atoms with van der Waals surface area (Å²) in [5, 5.41) is 3.25. The molecule has 0 aliphatic carbocycles. The first kappa shape index (κ1) is 12.7. The van der Waals surface area contributed by atoms with E-state index in [1.165, 1.54) is 17.3 Å². The predicted molar refractivity (Wildman–Crippen MR) is 73.5 cm³/mol. The van der Waals surface area contributed by atoms with Crippen LogP contribution in [0.25, 0.3) is 0 Å². The van der Waals surface area contributed by atoms with Crippen molar-refractivity contribution in [1.82, 2.24) is 9.88 Å². The zero-order valence-electron chi connectivity index (χ0n) is 9.70. The predicted octanol–water partition coefficient (Wildman–Crippen LogP) is 3.21. The van der Waals surface area contributed by atoms with Gasteiger partial charge in [-0.05, 0) is 13.8 Å². The third-order valence-electron chi connectivity index (χ3n) is 2.60. The lowest BCUT2D eigenvalue weighted by Crippen LogP contribution is -2.42. The fourth-order valence-corrected chi connectivity index (χ4v) is 4.16. The maximum Gasteiger partial charge on any atom is 0.107 e. The first-order chi connectivity index (χ1) is 7.59. The largest absolute Gasteiger partial charge is 0.294 e. The SMILES string of the molecule is CC1(C)CN(Cc2nc(CCl)cs2)CCS1. The molecule has 0 atom stereocenters. The summed E-state index contributed by atoms with van der Waals surface area (Å²) in [6.07, 6.45) is 0. The second kappa shape index (κ2) is 5.25. The van der Waals surface area contributed by atoms with Crippen LogP contribution < -0.4 is 0 Å². The summed E-state index contributed by atoms with van der Waals surface area (Å²) >= 11 is 9.54. The molecular formula is C11H17ClN2S2. The minimum absolute atomic E-state index is 0.380. The van der Waals surface area contributed by atoms with Crippen molar-refractivity contribution in [3.8, 4) is 0 Å². The van der Waals surface area contributed by atoms with Gasteiger partial charge in [0.1, 0.15) is 5.01 Å². The van der Waals surface area contributed by atoms with E-state index in [1.807, 2.05) is 0 Å².